The van der Waals surface area contributed by atoms with E-state index in [1.807, 2.05) is 0 Å². The number of ether oxygens (including phenoxy) is 1. The molecular weight excluding hydrogens is 318 g/mol. The highest BCUT2D eigenvalue weighted by atomic mass is 35.5. The Hall–Kier alpha value is -1.86. The van der Waals surface area contributed by atoms with Crippen LogP contribution in [0.15, 0.2) is 33.7 Å². The summed E-state index contributed by atoms with van der Waals surface area (Å²) in [6.45, 7) is 1.66. The average molecular weight is 330 g/mol. The number of halogens is 1. The van der Waals surface area contributed by atoms with Crippen molar-refractivity contribution >= 4 is 27.4 Å². The van der Waals surface area contributed by atoms with E-state index in [0.717, 1.165) is 6.26 Å². The number of carbonyl (C=O) groups excluding carboxylic acids is 1. The second kappa shape index (κ2) is 5.87. The van der Waals surface area contributed by atoms with Crippen LogP contribution in [0.3, 0.4) is 0 Å². The van der Waals surface area contributed by atoms with E-state index in [1.165, 1.54) is 18.2 Å². The van der Waals surface area contributed by atoms with Crippen molar-refractivity contribution in [2.75, 3.05) is 6.26 Å². The van der Waals surface area contributed by atoms with Crippen LogP contribution in [-0.2, 0) is 21.2 Å². The Balaban J connectivity index is 2.16. The zero-order chi connectivity index (χ0) is 15.6. The van der Waals surface area contributed by atoms with Gasteiger partial charge in [-0.2, -0.15) is 0 Å². The standard InChI is InChI=1S/C13H12ClNO5S/c1-8-5-10(20-15-8)7-19-13(16)9-3-4-11(14)12(6-9)21(2,17)18/h3-6H,7H2,1-2H3. The van der Waals surface area contributed by atoms with Gasteiger partial charge in [0.2, 0.25) is 0 Å². The summed E-state index contributed by atoms with van der Waals surface area (Å²) in [5.41, 5.74) is 0.767. The molecule has 1 aromatic heterocycles. The fourth-order valence-electron chi connectivity index (χ4n) is 1.62. The topological polar surface area (TPSA) is 86.5 Å². The molecule has 2 rings (SSSR count). The molecule has 2 aromatic rings. The van der Waals surface area contributed by atoms with Crippen molar-refractivity contribution in [3.63, 3.8) is 0 Å². The number of nitrogens with zero attached hydrogens (tertiary/aromatic N) is 1. The molecule has 112 valence electrons. The molecule has 21 heavy (non-hydrogen) atoms. The third-order valence-corrected chi connectivity index (χ3v) is 4.17. The molecule has 0 aliphatic rings. The molecule has 0 fully saturated rings. The fraction of sp³-hybridized carbons (Fsp3) is 0.231. The van der Waals surface area contributed by atoms with Crippen LogP contribution in [0.2, 0.25) is 5.02 Å². The summed E-state index contributed by atoms with van der Waals surface area (Å²) in [5, 5.41) is 3.72. The summed E-state index contributed by atoms with van der Waals surface area (Å²) in [6.07, 6.45) is 1.01. The molecule has 1 heterocycles. The zero-order valence-electron chi connectivity index (χ0n) is 11.3. The second-order valence-electron chi connectivity index (χ2n) is 4.43. The number of benzene rings is 1. The van der Waals surface area contributed by atoms with Gasteiger partial charge < -0.3 is 9.26 Å². The number of aromatic nitrogens is 1. The molecule has 0 aliphatic carbocycles. The molecule has 0 bridgehead atoms. The van der Waals surface area contributed by atoms with Crippen molar-refractivity contribution in [2.24, 2.45) is 0 Å². The number of rotatable bonds is 4. The Kier molecular flexibility index (Phi) is 4.34. The van der Waals surface area contributed by atoms with Gasteiger partial charge in [-0.25, -0.2) is 13.2 Å². The minimum atomic E-state index is -3.52. The molecule has 0 saturated carbocycles. The van der Waals surface area contributed by atoms with Gasteiger partial charge in [0.05, 0.1) is 21.2 Å². The van der Waals surface area contributed by atoms with Gasteiger partial charge in [0.25, 0.3) is 0 Å². The molecule has 6 nitrogen and oxygen atoms in total. The van der Waals surface area contributed by atoms with Crippen molar-refractivity contribution in [3.8, 4) is 0 Å². The Morgan fingerprint density at radius 1 is 1.38 bits per heavy atom. The largest absolute Gasteiger partial charge is 0.454 e. The average Bonchev–Trinajstić information content (AvgIpc) is 2.81. The predicted octanol–water partition coefficient (Wildman–Crippen LogP) is 2.40. The van der Waals surface area contributed by atoms with Gasteiger partial charge in [-0.3, -0.25) is 0 Å². The molecule has 0 aliphatic heterocycles. The number of sulfone groups is 1. The Morgan fingerprint density at radius 3 is 2.67 bits per heavy atom. The van der Waals surface area contributed by atoms with Crippen molar-refractivity contribution in [3.05, 3.63) is 46.3 Å². The highest BCUT2D eigenvalue weighted by Gasteiger charge is 2.17. The van der Waals surface area contributed by atoms with E-state index in [0.29, 0.717) is 11.5 Å². The Morgan fingerprint density at radius 2 is 2.10 bits per heavy atom. The lowest BCUT2D eigenvalue weighted by molar-refractivity contribution is 0.0437. The smallest absolute Gasteiger partial charge is 0.338 e. The van der Waals surface area contributed by atoms with Crippen molar-refractivity contribution in [1.82, 2.24) is 5.16 Å². The van der Waals surface area contributed by atoms with Crippen LogP contribution in [0, 0.1) is 6.92 Å². The molecular formula is C13H12ClNO5S. The van der Waals surface area contributed by atoms with E-state index in [9.17, 15) is 13.2 Å². The van der Waals surface area contributed by atoms with E-state index in [4.69, 9.17) is 20.9 Å². The monoisotopic (exact) mass is 329 g/mol. The first-order valence-electron chi connectivity index (χ1n) is 5.86. The van der Waals surface area contributed by atoms with E-state index in [1.54, 1.807) is 13.0 Å². The van der Waals surface area contributed by atoms with Crippen molar-refractivity contribution < 1.29 is 22.5 Å². The first kappa shape index (κ1) is 15.5. The maximum atomic E-state index is 11.9. The molecule has 0 N–H and O–H groups in total. The van der Waals surface area contributed by atoms with E-state index < -0.39 is 15.8 Å². The fourth-order valence-corrected chi connectivity index (χ4v) is 2.92. The number of aryl methyl sites for hydroxylation is 1. The Bertz CT molecular complexity index is 782. The zero-order valence-corrected chi connectivity index (χ0v) is 12.9. The van der Waals surface area contributed by atoms with Gasteiger partial charge in [-0.1, -0.05) is 16.8 Å². The minimum absolute atomic E-state index is 0.0555. The van der Waals surface area contributed by atoms with Crippen LogP contribution in [0.1, 0.15) is 21.8 Å². The summed E-state index contributed by atoms with van der Waals surface area (Å²) in [7, 11) is -3.52. The van der Waals surface area contributed by atoms with Gasteiger partial charge in [0.15, 0.2) is 22.2 Å². The lowest BCUT2D eigenvalue weighted by Crippen LogP contribution is -2.07. The number of hydrogen-bond donors (Lipinski definition) is 0. The van der Waals surface area contributed by atoms with Gasteiger partial charge in [-0.15, -0.1) is 0 Å². The molecule has 0 amide bonds. The summed E-state index contributed by atoms with van der Waals surface area (Å²) in [6, 6.07) is 5.56. The number of esters is 1. The van der Waals surface area contributed by atoms with Gasteiger partial charge in [0.1, 0.15) is 0 Å². The second-order valence-corrected chi connectivity index (χ2v) is 6.82. The molecule has 0 radical (unpaired) electrons. The highest BCUT2D eigenvalue weighted by molar-refractivity contribution is 7.90. The highest BCUT2D eigenvalue weighted by Crippen LogP contribution is 2.23. The molecule has 0 saturated heterocycles. The summed E-state index contributed by atoms with van der Waals surface area (Å²) >= 11 is 5.81. The molecule has 1 aromatic carbocycles. The van der Waals surface area contributed by atoms with Crippen LogP contribution in [0.25, 0.3) is 0 Å². The van der Waals surface area contributed by atoms with Crippen LogP contribution >= 0.6 is 11.6 Å². The molecule has 0 atom stereocenters. The first-order chi connectivity index (χ1) is 9.77. The predicted molar refractivity (Wildman–Crippen MR) is 74.9 cm³/mol. The van der Waals surface area contributed by atoms with Crippen LogP contribution in [0.4, 0.5) is 0 Å². The van der Waals surface area contributed by atoms with Crippen molar-refractivity contribution in [2.45, 2.75) is 18.4 Å². The maximum absolute atomic E-state index is 11.9. The van der Waals surface area contributed by atoms with Crippen molar-refractivity contribution in [1.29, 1.82) is 0 Å². The third-order valence-electron chi connectivity index (χ3n) is 2.59. The van der Waals surface area contributed by atoms with Crippen LogP contribution in [-0.4, -0.2) is 25.8 Å². The van der Waals surface area contributed by atoms with E-state index >= 15 is 0 Å². The summed E-state index contributed by atoms with van der Waals surface area (Å²) in [4.78, 5) is 11.8. The van der Waals surface area contributed by atoms with Gasteiger partial charge >= 0.3 is 5.97 Å². The maximum Gasteiger partial charge on any atom is 0.338 e. The molecule has 0 spiro atoms. The first-order valence-corrected chi connectivity index (χ1v) is 8.13. The lowest BCUT2D eigenvalue weighted by Gasteiger charge is -2.06. The van der Waals surface area contributed by atoms with Gasteiger partial charge in [-0.05, 0) is 25.1 Å². The molecule has 8 heteroatoms. The van der Waals surface area contributed by atoms with Gasteiger partial charge in [0, 0.05) is 12.3 Å². The summed E-state index contributed by atoms with van der Waals surface area (Å²) < 4.78 is 33.0. The number of carbonyl (C=O) groups is 1. The van der Waals surface area contributed by atoms with Crippen LogP contribution in [0.5, 0.6) is 0 Å². The van der Waals surface area contributed by atoms with E-state index in [-0.39, 0.29) is 22.1 Å². The summed E-state index contributed by atoms with van der Waals surface area (Å²) in [5.74, 6) is -0.274. The third kappa shape index (κ3) is 3.83. The Labute approximate surface area is 126 Å². The van der Waals surface area contributed by atoms with Crippen LogP contribution < -0.4 is 0 Å². The number of hydrogen-bond acceptors (Lipinski definition) is 6. The molecule has 0 unspecified atom stereocenters. The van der Waals surface area contributed by atoms with E-state index in [2.05, 4.69) is 5.16 Å². The lowest BCUT2D eigenvalue weighted by atomic mass is 10.2. The SMILES string of the molecule is Cc1cc(COC(=O)c2ccc(Cl)c(S(C)(=O)=O)c2)on1. The normalized spacial score (nSPS) is 11.4. The quantitative estimate of drug-likeness (QED) is 0.800. The minimum Gasteiger partial charge on any atom is -0.454 e.